The molecule has 2 heterocycles. The average molecular weight is 392 g/mol. The Kier molecular flexibility index (Phi) is 5.26. The number of carbonyl (C=O) groups is 2. The summed E-state index contributed by atoms with van der Waals surface area (Å²) in [4.78, 5) is 36.2. The summed E-state index contributed by atoms with van der Waals surface area (Å²) in [6.45, 7) is 1.52. The van der Waals surface area contributed by atoms with Crippen LogP contribution in [0.5, 0.6) is 0 Å². The van der Waals surface area contributed by atoms with Crippen LogP contribution in [-0.4, -0.2) is 54.0 Å². The van der Waals surface area contributed by atoms with E-state index < -0.39 is 33.7 Å². The van der Waals surface area contributed by atoms with Gasteiger partial charge in [-0.15, -0.1) is 0 Å². The first-order valence-corrected chi connectivity index (χ1v) is 10.3. The van der Waals surface area contributed by atoms with Crippen LogP contribution in [-0.2, 0) is 25.8 Å². The van der Waals surface area contributed by atoms with Crippen molar-refractivity contribution < 1.29 is 18.0 Å². The maximum atomic E-state index is 12.3. The molecule has 2 atom stereocenters. The van der Waals surface area contributed by atoms with E-state index in [2.05, 4.69) is 20.8 Å². The van der Waals surface area contributed by atoms with Crippen LogP contribution in [0.25, 0.3) is 10.8 Å². The smallest absolute Gasteiger partial charge is 0.272 e. The van der Waals surface area contributed by atoms with E-state index in [9.17, 15) is 22.8 Å². The number of carbonyl (C=O) groups excluding carboxylic acids is 2. The molecule has 2 amide bonds. The van der Waals surface area contributed by atoms with E-state index in [1.807, 2.05) is 0 Å². The van der Waals surface area contributed by atoms with Crippen LogP contribution in [0.3, 0.4) is 0 Å². The number of hydrogen-bond donors (Lipinski definition) is 3. The molecule has 0 spiro atoms. The molecular weight excluding hydrogens is 372 g/mol. The van der Waals surface area contributed by atoms with Crippen LogP contribution in [0.4, 0.5) is 0 Å². The molecule has 3 N–H and O–H groups in total. The predicted molar refractivity (Wildman–Crippen MR) is 98.9 cm³/mol. The van der Waals surface area contributed by atoms with E-state index in [0.29, 0.717) is 22.9 Å². The summed E-state index contributed by atoms with van der Waals surface area (Å²) in [5, 5.41) is 12.5. The molecule has 1 aromatic carbocycles. The molecule has 1 unspecified atom stereocenters. The Morgan fingerprint density at radius 3 is 2.67 bits per heavy atom. The molecule has 0 radical (unpaired) electrons. The van der Waals surface area contributed by atoms with Gasteiger partial charge in [0.1, 0.15) is 6.04 Å². The van der Waals surface area contributed by atoms with E-state index in [1.54, 1.807) is 24.3 Å². The van der Waals surface area contributed by atoms with Gasteiger partial charge in [0.05, 0.1) is 29.0 Å². The standard InChI is InChI=1S/C17H20N4O5S/c1-10(16(23)19-11-6-7-27(25,26)9-11)18-15(22)8-14-12-4-2-3-5-13(12)17(24)21-20-14/h2-5,10-11H,6-9H2,1H3,(H,18,22)(H,19,23)(H,21,24)/t10-,11?/m1/s1. The van der Waals surface area contributed by atoms with Crippen molar-refractivity contribution in [2.75, 3.05) is 11.5 Å². The van der Waals surface area contributed by atoms with E-state index in [-0.39, 0.29) is 23.5 Å². The zero-order chi connectivity index (χ0) is 19.6. The summed E-state index contributed by atoms with van der Waals surface area (Å²) in [7, 11) is -3.09. The van der Waals surface area contributed by atoms with Gasteiger partial charge in [-0.2, -0.15) is 5.10 Å². The van der Waals surface area contributed by atoms with Crippen molar-refractivity contribution in [1.82, 2.24) is 20.8 Å². The Bertz CT molecular complexity index is 1050. The second kappa shape index (κ2) is 7.47. The minimum atomic E-state index is -3.09. The number of aromatic nitrogens is 2. The molecule has 0 bridgehead atoms. The number of aromatic amines is 1. The summed E-state index contributed by atoms with van der Waals surface area (Å²) in [6.07, 6.45) is 0.273. The SMILES string of the molecule is C[C@@H](NC(=O)Cc1n[nH]c(=O)c2ccccc12)C(=O)NC1CCS(=O)(=O)C1. The minimum absolute atomic E-state index is 0.0592. The average Bonchev–Trinajstić information content (AvgIpc) is 2.96. The maximum Gasteiger partial charge on any atom is 0.272 e. The first kappa shape index (κ1) is 19.0. The van der Waals surface area contributed by atoms with Crippen molar-refractivity contribution >= 4 is 32.4 Å². The van der Waals surface area contributed by atoms with Gasteiger partial charge in [0.15, 0.2) is 9.84 Å². The summed E-state index contributed by atoms with van der Waals surface area (Å²) >= 11 is 0. The first-order valence-electron chi connectivity index (χ1n) is 8.51. The molecule has 0 saturated carbocycles. The van der Waals surface area contributed by atoms with Gasteiger partial charge < -0.3 is 10.6 Å². The van der Waals surface area contributed by atoms with Gasteiger partial charge in [0.25, 0.3) is 5.56 Å². The highest BCUT2D eigenvalue weighted by Crippen LogP contribution is 2.13. The van der Waals surface area contributed by atoms with Gasteiger partial charge in [0.2, 0.25) is 11.8 Å². The van der Waals surface area contributed by atoms with Gasteiger partial charge in [0, 0.05) is 11.4 Å². The maximum absolute atomic E-state index is 12.3. The monoisotopic (exact) mass is 392 g/mol. The first-order chi connectivity index (χ1) is 12.7. The molecule has 0 aliphatic carbocycles. The lowest BCUT2D eigenvalue weighted by molar-refractivity contribution is -0.128. The van der Waals surface area contributed by atoms with Crippen LogP contribution in [0.1, 0.15) is 19.0 Å². The minimum Gasteiger partial charge on any atom is -0.351 e. The number of fused-ring (bicyclic) bond motifs is 1. The second-order valence-electron chi connectivity index (χ2n) is 6.62. The Morgan fingerprint density at radius 1 is 1.30 bits per heavy atom. The Hall–Kier alpha value is -2.75. The fourth-order valence-corrected chi connectivity index (χ4v) is 4.72. The zero-order valence-corrected chi connectivity index (χ0v) is 15.5. The van der Waals surface area contributed by atoms with Crippen molar-refractivity contribution in [2.45, 2.75) is 31.8 Å². The van der Waals surface area contributed by atoms with Crippen LogP contribution in [0, 0.1) is 0 Å². The number of rotatable bonds is 5. The predicted octanol–water partition coefficient (Wildman–Crippen LogP) is -0.726. The van der Waals surface area contributed by atoms with Crippen LogP contribution < -0.4 is 16.2 Å². The van der Waals surface area contributed by atoms with Crippen molar-refractivity contribution in [3.63, 3.8) is 0 Å². The number of H-pyrrole nitrogens is 1. The molecule has 10 heteroatoms. The second-order valence-corrected chi connectivity index (χ2v) is 8.85. The number of nitrogens with zero attached hydrogens (tertiary/aromatic N) is 1. The lowest BCUT2D eigenvalue weighted by Crippen LogP contribution is -2.48. The van der Waals surface area contributed by atoms with E-state index in [0.717, 1.165) is 0 Å². The highest BCUT2D eigenvalue weighted by Gasteiger charge is 2.30. The van der Waals surface area contributed by atoms with Gasteiger partial charge >= 0.3 is 0 Å². The van der Waals surface area contributed by atoms with Gasteiger partial charge in [-0.3, -0.25) is 14.4 Å². The quantitative estimate of drug-likeness (QED) is 0.613. The molecular formula is C17H20N4O5S. The topological polar surface area (TPSA) is 138 Å². The molecule has 144 valence electrons. The van der Waals surface area contributed by atoms with Gasteiger partial charge in [-0.1, -0.05) is 18.2 Å². The lowest BCUT2D eigenvalue weighted by Gasteiger charge is -2.17. The lowest BCUT2D eigenvalue weighted by atomic mass is 10.1. The van der Waals surface area contributed by atoms with Crippen LogP contribution in [0.2, 0.25) is 0 Å². The Balaban J connectivity index is 1.62. The third kappa shape index (κ3) is 4.51. The Morgan fingerprint density at radius 2 is 2.00 bits per heavy atom. The largest absolute Gasteiger partial charge is 0.351 e. The van der Waals surface area contributed by atoms with Crippen molar-refractivity contribution in [2.24, 2.45) is 0 Å². The normalized spacial score (nSPS) is 19.5. The summed E-state index contributed by atoms with van der Waals surface area (Å²) in [5.74, 6) is -0.887. The molecule has 1 aliphatic rings. The fourth-order valence-electron chi connectivity index (χ4n) is 3.05. The number of nitrogens with one attached hydrogen (secondary N) is 3. The molecule has 1 saturated heterocycles. The molecule has 9 nitrogen and oxygen atoms in total. The Labute approximate surface area is 155 Å². The van der Waals surface area contributed by atoms with Crippen LogP contribution in [0.15, 0.2) is 29.1 Å². The van der Waals surface area contributed by atoms with Gasteiger partial charge in [-0.05, 0) is 19.4 Å². The molecule has 1 aliphatic heterocycles. The highest BCUT2D eigenvalue weighted by atomic mass is 32.2. The number of sulfone groups is 1. The van der Waals surface area contributed by atoms with E-state index in [1.165, 1.54) is 6.92 Å². The number of hydrogen-bond acceptors (Lipinski definition) is 6. The fraction of sp³-hybridized carbons (Fsp3) is 0.412. The highest BCUT2D eigenvalue weighted by molar-refractivity contribution is 7.91. The van der Waals surface area contributed by atoms with Crippen molar-refractivity contribution in [1.29, 1.82) is 0 Å². The number of amides is 2. The number of benzene rings is 1. The van der Waals surface area contributed by atoms with Gasteiger partial charge in [-0.25, -0.2) is 13.5 Å². The molecule has 1 aromatic heterocycles. The summed E-state index contributed by atoms with van der Waals surface area (Å²) in [6, 6.07) is 5.56. The molecule has 3 rings (SSSR count). The summed E-state index contributed by atoms with van der Waals surface area (Å²) < 4.78 is 22.9. The molecule has 2 aromatic rings. The zero-order valence-electron chi connectivity index (χ0n) is 14.7. The molecule has 27 heavy (non-hydrogen) atoms. The summed E-state index contributed by atoms with van der Waals surface area (Å²) in [5.41, 5.74) is 0.0613. The molecule has 1 fully saturated rings. The van der Waals surface area contributed by atoms with Crippen LogP contribution >= 0.6 is 0 Å². The third-order valence-electron chi connectivity index (χ3n) is 4.45. The van der Waals surface area contributed by atoms with E-state index in [4.69, 9.17) is 0 Å². The third-order valence-corrected chi connectivity index (χ3v) is 6.22. The van der Waals surface area contributed by atoms with Crippen molar-refractivity contribution in [3.05, 3.63) is 40.3 Å². The van der Waals surface area contributed by atoms with E-state index >= 15 is 0 Å². The van der Waals surface area contributed by atoms with Crippen molar-refractivity contribution in [3.8, 4) is 0 Å².